The summed E-state index contributed by atoms with van der Waals surface area (Å²) in [7, 11) is 0. The maximum Gasteiger partial charge on any atom is 0.345 e. The predicted octanol–water partition coefficient (Wildman–Crippen LogP) is 2.02. The number of ether oxygens (including phenoxy) is 1. The smallest absolute Gasteiger partial charge is 0.345 e. The molecule has 0 saturated carbocycles. The van der Waals surface area contributed by atoms with Gasteiger partial charge < -0.3 is 4.74 Å². The molecule has 0 saturated heterocycles. The van der Waals surface area contributed by atoms with Crippen molar-refractivity contribution < 1.29 is 9.53 Å². The second-order valence-electron chi connectivity index (χ2n) is 3.69. The Kier molecular flexibility index (Phi) is 3.76. The predicted molar refractivity (Wildman–Crippen MR) is 69.7 cm³/mol. The van der Waals surface area contributed by atoms with E-state index >= 15 is 0 Å². The molecule has 2 aromatic heterocycles. The number of hydrogen-bond acceptors (Lipinski definition) is 4. The van der Waals surface area contributed by atoms with Crippen molar-refractivity contribution in [2.75, 3.05) is 6.61 Å². The highest BCUT2D eigenvalue weighted by atomic mass is 79.9. The summed E-state index contributed by atoms with van der Waals surface area (Å²) in [5, 5.41) is 0. The zero-order valence-electron chi connectivity index (χ0n) is 9.72. The van der Waals surface area contributed by atoms with E-state index in [0.717, 1.165) is 4.47 Å². The van der Waals surface area contributed by atoms with Gasteiger partial charge >= 0.3 is 5.97 Å². The minimum absolute atomic E-state index is 0.0564. The number of fused-ring (bicyclic) bond motifs is 1. The topological polar surface area (TPSA) is 60.7 Å². The fourth-order valence-electron chi connectivity index (χ4n) is 1.46. The molecule has 6 heteroatoms. The summed E-state index contributed by atoms with van der Waals surface area (Å²) in [6, 6.07) is 3.46. The Bertz CT molecular complexity index is 651. The van der Waals surface area contributed by atoms with Gasteiger partial charge in [0.2, 0.25) is 0 Å². The average Bonchev–Trinajstić information content (AvgIpc) is 2.37. The van der Waals surface area contributed by atoms with Crippen LogP contribution in [0.15, 0.2) is 33.8 Å². The fourth-order valence-corrected chi connectivity index (χ4v) is 1.80. The van der Waals surface area contributed by atoms with Crippen LogP contribution >= 0.6 is 15.9 Å². The van der Waals surface area contributed by atoms with E-state index < -0.39 is 11.5 Å². The lowest BCUT2D eigenvalue weighted by atomic mass is 10.3. The Balaban J connectivity index is 2.50. The molecule has 0 spiro atoms. The van der Waals surface area contributed by atoms with Gasteiger partial charge in [0.15, 0.2) is 0 Å². The standard InChI is InChI=1S/C12H11BrN2O3/c1-2-5-18-12(17)9-6-14-10-4-3-8(13)7-15(10)11(9)16/h3-4,6-7H,2,5H2,1H3. The first kappa shape index (κ1) is 12.8. The van der Waals surface area contributed by atoms with Crippen LogP contribution in [0.4, 0.5) is 0 Å². The van der Waals surface area contributed by atoms with Gasteiger partial charge in [-0.2, -0.15) is 0 Å². The van der Waals surface area contributed by atoms with Crippen LogP contribution < -0.4 is 5.56 Å². The van der Waals surface area contributed by atoms with E-state index in [1.165, 1.54) is 10.6 Å². The molecule has 0 bridgehead atoms. The lowest BCUT2D eigenvalue weighted by molar-refractivity contribution is 0.0502. The van der Waals surface area contributed by atoms with Crippen LogP contribution in [0.25, 0.3) is 5.65 Å². The molecule has 0 radical (unpaired) electrons. The van der Waals surface area contributed by atoms with Gasteiger partial charge in [0.25, 0.3) is 5.56 Å². The number of pyridine rings is 1. The number of nitrogens with zero attached hydrogens (tertiary/aromatic N) is 2. The summed E-state index contributed by atoms with van der Waals surface area (Å²) < 4.78 is 6.98. The van der Waals surface area contributed by atoms with E-state index in [-0.39, 0.29) is 5.56 Å². The molecule has 0 aromatic carbocycles. The molecule has 2 rings (SSSR count). The van der Waals surface area contributed by atoms with Crippen molar-refractivity contribution >= 4 is 27.5 Å². The zero-order chi connectivity index (χ0) is 13.1. The first-order valence-electron chi connectivity index (χ1n) is 5.47. The highest BCUT2D eigenvalue weighted by Crippen LogP contribution is 2.09. The molecule has 5 nitrogen and oxygen atoms in total. The molecule has 0 fully saturated rings. The molecule has 0 amide bonds. The van der Waals surface area contributed by atoms with Crippen LogP contribution in [0, 0.1) is 0 Å². The van der Waals surface area contributed by atoms with Crippen molar-refractivity contribution in [3.8, 4) is 0 Å². The molecule has 0 aliphatic heterocycles. The molecule has 2 aromatic rings. The van der Waals surface area contributed by atoms with Crippen LogP contribution in [-0.2, 0) is 4.74 Å². The first-order chi connectivity index (χ1) is 8.63. The highest BCUT2D eigenvalue weighted by molar-refractivity contribution is 9.10. The Morgan fingerprint density at radius 3 is 3.00 bits per heavy atom. The van der Waals surface area contributed by atoms with Gasteiger partial charge in [-0.3, -0.25) is 9.20 Å². The fraction of sp³-hybridized carbons (Fsp3) is 0.250. The summed E-state index contributed by atoms with van der Waals surface area (Å²) in [5.74, 6) is -0.635. The monoisotopic (exact) mass is 310 g/mol. The lowest BCUT2D eigenvalue weighted by Crippen LogP contribution is -2.24. The highest BCUT2D eigenvalue weighted by Gasteiger charge is 2.14. The third-order valence-electron chi connectivity index (χ3n) is 2.32. The maximum absolute atomic E-state index is 12.1. The molecule has 0 unspecified atom stereocenters. The van der Waals surface area contributed by atoms with Crippen LogP contribution in [0.1, 0.15) is 23.7 Å². The summed E-state index contributed by atoms with van der Waals surface area (Å²) in [6.45, 7) is 2.18. The Labute approximate surface area is 112 Å². The van der Waals surface area contributed by atoms with Gasteiger partial charge in [-0.1, -0.05) is 6.92 Å². The summed E-state index contributed by atoms with van der Waals surface area (Å²) in [5.41, 5.74) is -0.00306. The molecular formula is C12H11BrN2O3. The molecule has 18 heavy (non-hydrogen) atoms. The Morgan fingerprint density at radius 1 is 1.50 bits per heavy atom. The van der Waals surface area contributed by atoms with Gasteiger partial charge in [0, 0.05) is 16.9 Å². The lowest BCUT2D eigenvalue weighted by Gasteiger charge is -2.04. The number of carbonyl (C=O) groups is 1. The molecule has 0 aliphatic carbocycles. The largest absolute Gasteiger partial charge is 0.462 e. The van der Waals surface area contributed by atoms with Crippen molar-refractivity contribution in [3.63, 3.8) is 0 Å². The molecule has 94 valence electrons. The maximum atomic E-state index is 12.1. The van der Waals surface area contributed by atoms with Crippen molar-refractivity contribution in [2.24, 2.45) is 0 Å². The molecule has 0 aliphatic rings. The average molecular weight is 311 g/mol. The minimum atomic E-state index is -0.635. The number of carbonyl (C=O) groups excluding carboxylic acids is 1. The normalized spacial score (nSPS) is 10.6. The first-order valence-corrected chi connectivity index (χ1v) is 6.27. The van der Waals surface area contributed by atoms with Gasteiger partial charge in [-0.05, 0) is 34.5 Å². The van der Waals surface area contributed by atoms with Crippen LogP contribution in [0.2, 0.25) is 0 Å². The quantitative estimate of drug-likeness (QED) is 0.814. The number of esters is 1. The third-order valence-corrected chi connectivity index (χ3v) is 2.79. The van der Waals surface area contributed by atoms with E-state index in [1.54, 1.807) is 18.3 Å². The van der Waals surface area contributed by atoms with Crippen LogP contribution in [-0.4, -0.2) is 22.0 Å². The van der Waals surface area contributed by atoms with Crippen molar-refractivity contribution in [1.29, 1.82) is 0 Å². The van der Waals surface area contributed by atoms with Gasteiger partial charge in [-0.15, -0.1) is 0 Å². The molecule has 0 N–H and O–H groups in total. The van der Waals surface area contributed by atoms with Crippen molar-refractivity contribution in [2.45, 2.75) is 13.3 Å². The van der Waals surface area contributed by atoms with E-state index in [2.05, 4.69) is 20.9 Å². The van der Waals surface area contributed by atoms with Crippen LogP contribution in [0.5, 0.6) is 0 Å². The van der Waals surface area contributed by atoms with E-state index in [4.69, 9.17) is 4.74 Å². The van der Waals surface area contributed by atoms with E-state index in [1.807, 2.05) is 6.92 Å². The molecular weight excluding hydrogens is 300 g/mol. The van der Waals surface area contributed by atoms with Gasteiger partial charge in [-0.25, -0.2) is 9.78 Å². The SMILES string of the molecule is CCCOC(=O)c1cnc2ccc(Br)cn2c1=O. The number of aromatic nitrogens is 2. The Morgan fingerprint density at radius 2 is 2.28 bits per heavy atom. The Hall–Kier alpha value is -1.69. The number of hydrogen-bond donors (Lipinski definition) is 0. The summed E-state index contributed by atoms with van der Waals surface area (Å²) in [6.07, 6.45) is 3.53. The number of halogens is 1. The zero-order valence-corrected chi connectivity index (χ0v) is 11.3. The summed E-state index contributed by atoms with van der Waals surface area (Å²) >= 11 is 3.27. The molecule has 0 atom stereocenters. The van der Waals surface area contributed by atoms with Gasteiger partial charge in [0.05, 0.1) is 6.61 Å². The minimum Gasteiger partial charge on any atom is -0.462 e. The second-order valence-corrected chi connectivity index (χ2v) is 4.60. The molecule has 2 heterocycles. The van der Waals surface area contributed by atoms with Gasteiger partial charge in [0.1, 0.15) is 11.2 Å². The second kappa shape index (κ2) is 5.30. The van der Waals surface area contributed by atoms with Crippen molar-refractivity contribution in [3.05, 3.63) is 44.9 Å². The summed E-state index contributed by atoms with van der Waals surface area (Å²) in [4.78, 5) is 27.8. The van der Waals surface area contributed by atoms with E-state index in [9.17, 15) is 9.59 Å². The van der Waals surface area contributed by atoms with E-state index in [0.29, 0.717) is 18.7 Å². The number of rotatable bonds is 3. The third kappa shape index (κ3) is 2.43. The van der Waals surface area contributed by atoms with Crippen LogP contribution in [0.3, 0.4) is 0 Å². The van der Waals surface area contributed by atoms with Crippen molar-refractivity contribution in [1.82, 2.24) is 9.38 Å².